The Morgan fingerprint density at radius 3 is 1.76 bits per heavy atom. The molecule has 166 valence electrons. The fourth-order valence-electron chi connectivity index (χ4n) is 4.27. The van der Waals surface area contributed by atoms with Gasteiger partial charge in [0.2, 0.25) is 0 Å². The Balaban J connectivity index is 0.000000234. The summed E-state index contributed by atoms with van der Waals surface area (Å²) in [5.74, 6) is 0. The van der Waals surface area contributed by atoms with E-state index in [2.05, 4.69) is 92.7 Å². The first-order chi connectivity index (χ1) is 13.6. The maximum Gasteiger partial charge on any atom is 0.0233 e. The minimum absolute atomic E-state index is 0.242. The third-order valence-corrected chi connectivity index (χ3v) is 5.45. The van der Waals surface area contributed by atoms with Gasteiger partial charge < -0.3 is 16.0 Å². The van der Waals surface area contributed by atoms with Gasteiger partial charge in [0.05, 0.1) is 0 Å². The second kappa shape index (κ2) is 11.5. The molecule has 0 saturated carbocycles. The average molecular weight is 403 g/mol. The molecule has 2 aliphatic rings. The van der Waals surface area contributed by atoms with E-state index in [9.17, 15) is 0 Å². The first kappa shape index (κ1) is 24.3. The van der Waals surface area contributed by atoms with E-state index >= 15 is 0 Å². The largest absolute Gasteiger partial charge is 0.317 e. The van der Waals surface area contributed by atoms with Gasteiger partial charge in [0.1, 0.15) is 0 Å². The number of nitrogens with one attached hydrogen (secondary N) is 3. The molecule has 0 amide bonds. The molecule has 0 spiro atoms. The second-order valence-corrected chi connectivity index (χ2v) is 10.8. The maximum atomic E-state index is 3.72. The van der Waals surface area contributed by atoms with Crippen molar-refractivity contribution < 1.29 is 0 Å². The van der Waals surface area contributed by atoms with Crippen LogP contribution in [0.3, 0.4) is 0 Å². The van der Waals surface area contributed by atoms with Crippen molar-refractivity contribution in [3.05, 3.63) is 35.9 Å². The van der Waals surface area contributed by atoms with Crippen molar-refractivity contribution in [2.75, 3.05) is 26.2 Å². The molecule has 0 bridgehead atoms. The van der Waals surface area contributed by atoms with Gasteiger partial charge in [-0.25, -0.2) is 0 Å². The summed E-state index contributed by atoms with van der Waals surface area (Å²) in [5.41, 5.74) is 1.95. The van der Waals surface area contributed by atoms with Crippen molar-refractivity contribution in [3.63, 3.8) is 0 Å². The Morgan fingerprint density at radius 2 is 1.28 bits per heavy atom. The number of piperidine rings is 2. The van der Waals surface area contributed by atoms with E-state index < -0.39 is 0 Å². The normalized spacial score (nSPS) is 20.2. The molecule has 29 heavy (non-hydrogen) atoms. The van der Waals surface area contributed by atoms with Gasteiger partial charge >= 0.3 is 0 Å². The molecule has 4 nitrogen and oxygen atoms in total. The highest BCUT2D eigenvalue weighted by atomic mass is 15.1. The molecule has 0 unspecified atom stereocenters. The molecule has 3 N–H and O–H groups in total. The van der Waals surface area contributed by atoms with Crippen LogP contribution in [-0.4, -0.2) is 54.2 Å². The number of likely N-dealkylation sites (tertiary alicyclic amines) is 1. The zero-order valence-electron chi connectivity index (χ0n) is 19.9. The molecule has 2 heterocycles. The van der Waals surface area contributed by atoms with Crippen LogP contribution in [0.15, 0.2) is 30.3 Å². The van der Waals surface area contributed by atoms with Crippen LogP contribution >= 0.6 is 0 Å². The van der Waals surface area contributed by atoms with Gasteiger partial charge in [-0.3, -0.25) is 4.90 Å². The van der Waals surface area contributed by atoms with Crippen LogP contribution in [0.25, 0.3) is 0 Å². The fraction of sp³-hybridized carbons (Fsp3) is 0.760. The summed E-state index contributed by atoms with van der Waals surface area (Å²) in [6.45, 7) is 19.3. The Morgan fingerprint density at radius 1 is 0.793 bits per heavy atom. The standard InChI is InChI=1S/C16H26N2.C9H20N2/c1-16(2,3)17-15-9-11-18(12-10-15)13-14-7-5-4-6-8-14;1-9(2,3)11-8-4-6-10-7-5-8/h4-8,15,17H,9-13H2,1-3H3;8,10-11H,4-7H2,1-3H3. The average Bonchev–Trinajstić information content (AvgIpc) is 2.63. The lowest BCUT2D eigenvalue weighted by atomic mass is 9.99. The van der Waals surface area contributed by atoms with Crippen molar-refractivity contribution in [3.8, 4) is 0 Å². The third kappa shape index (κ3) is 11.1. The lowest BCUT2D eigenvalue weighted by Crippen LogP contribution is -2.49. The summed E-state index contributed by atoms with van der Waals surface area (Å²) in [5, 5.41) is 10.7. The highest BCUT2D eigenvalue weighted by Gasteiger charge is 2.22. The molecule has 2 aliphatic heterocycles. The van der Waals surface area contributed by atoms with Crippen molar-refractivity contribution in [2.45, 2.75) is 96.9 Å². The lowest BCUT2D eigenvalue weighted by molar-refractivity contribution is 0.175. The predicted octanol–water partition coefficient (Wildman–Crippen LogP) is 4.17. The molecule has 1 aromatic rings. The van der Waals surface area contributed by atoms with Crippen molar-refractivity contribution in [1.82, 2.24) is 20.9 Å². The SMILES string of the molecule is CC(C)(C)NC1CCN(Cc2ccccc2)CC1.CC(C)(C)NC1CCNCC1. The molecule has 2 saturated heterocycles. The summed E-state index contributed by atoms with van der Waals surface area (Å²) >= 11 is 0. The van der Waals surface area contributed by atoms with E-state index in [0.717, 1.165) is 12.6 Å². The molecule has 0 radical (unpaired) electrons. The number of nitrogens with zero attached hydrogens (tertiary/aromatic N) is 1. The van der Waals surface area contributed by atoms with Crippen LogP contribution in [0.4, 0.5) is 0 Å². The van der Waals surface area contributed by atoms with Gasteiger partial charge in [0, 0.05) is 29.7 Å². The van der Waals surface area contributed by atoms with Crippen LogP contribution in [0.5, 0.6) is 0 Å². The van der Waals surface area contributed by atoms with Gasteiger partial charge in [-0.15, -0.1) is 0 Å². The van der Waals surface area contributed by atoms with E-state index in [1.54, 1.807) is 0 Å². The molecule has 3 rings (SSSR count). The lowest BCUT2D eigenvalue weighted by Gasteiger charge is -2.36. The first-order valence-corrected chi connectivity index (χ1v) is 11.6. The molecule has 0 atom stereocenters. The van der Waals surface area contributed by atoms with Gasteiger partial charge in [-0.2, -0.15) is 0 Å². The minimum atomic E-state index is 0.242. The van der Waals surface area contributed by atoms with E-state index in [4.69, 9.17) is 0 Å². The molecule has 4 heteroatoms. The molecule has 0 aliphatic carbocycles. The zero-order valence-corrected chi connectivity index (χ0v) is 19.9. The van der Waals surface area contributed by atoms with E-state index in [1.807, 2.05) is 0 Å². The maximum absolute atomic E-state index is 3.72. The van der Waals surface area contributed by atoms with Gasteiger partial charge in [-0.1, -0.05) is 30.3 Å². The molecular weight excluding hydrogens is 356 g/mol. The zero-order chi connectivity index (χ0) is 21.3. The Hall–Kier alpha value is -0.940. The van der Waals surface area contributed by atoms with E-state index in [1.165, 1.54) is 57.4 Å². The van der Waals surface area contributed by atoms with E-state index in [-0.39, 0.29) is 11.1 Å². The topological polar surface area (TPSA) is 39.3 Å². The Bertz CT molecular complexity index is 544. The van der Waals surface area contributed by atoms with Gasteiger partial charge in [-0.05, 0) is 99.0 Å². The van der Waals surface area contributed by atoms with Gasteiger partial charge in [0.25, 0.3) is 0 Å². The summed E-state index contributed by atoms with van der Waals surface area (Å²) in [4.78, 5) is 2.57. The van der Waals surface area contributed by atoms with Crippen LogP contribution in [0.2, 0.25) is 0 Å². The number of rotatable bonds is 4. The molecular formula is C25H46N4. The highest BCUT2D eigenvalue weighted by molar-refractivity contribution is 5.14. The molecule has 1 aromatic carbocycles. The fourth-order valence-corrected chi connectivity index (χ4v) is 4.27. The van der Waals surface area contributed by atoms with Crippen LogP contribution in [0.1, 0.15) is 72.8 Å². The summed E-state index contributed by atoms with van der Waals surface area (Å²) in [6, 6.07) is 12.2. The number of benzene rings is 1. The van der Waals surface area contributed by atoms with Crippen LogP contribution < -0.4 is 16.0 Å². The van der Waals surface area contributed by atoms with Gasteiger partial charge in [0.15, 0.2) is 0 Å². The van der Waals surface area contributed by atoms with Crippen molar-refractivity contribution >= 4 is 0 Å². The van der Waals surface area contributed by atoms with Crippen molar-refractivity contribution in [2.24, 2.45) is 0 Å². The quantitative estimate of drug-likeness (QED) is 0.707. The summed E-state index contributed by atoms with van der Waals surface area (Å²) in [6.07, 6.45) is 5.09. The minimum Gasteiger partial charge on any atom is -0.317 e. The second-order valence-electron chi connectivity index (χ2n) is 10.8. The summed E-state index contributed by atoms with van der Waals surface area (Å²) < 4.78 is 0. The molecule has 2 fully saturated rings. The van der Waals surface area contributed by atoms with E-state index in [0.29, 0.717) is 6.04 Å². The van der Waals surface area contributed by atoms with Crippen LogP contribution in [0, 0.1) is 0 Å². The summed E-state index contributed by atoms with van der Waals surface area (Å²) in [7, 11) is 0. The number of hydrogen-bond donors (Lipinski definition) is 3. The van der Waals surface area contributed by atoms with Crippen molar-refractivity contribution in [1.29, 1.82) is 0 Å². The Labute approximate surface area is 180 Å². The van der Waals surface area contributed by atoms with Crippen LogP contribution in [-0.2, 0) is 6.54 Å². The molecule has 0 aromatic heterocycles. The predicted molar refractivity (Wildman–Crippen MR) is 126 cm³/mol. The monoisotopic (exact) mass is 402 g/mol. The first-order valence-electron chi connectivity index (χ1n) is 11.6. The third-order valence-electron chi connectivity index (χ3n) is 5.45. The smallest absolute Gasteiger partial charge is 0.0233 e. The highest BCUT2D eigenvalue weighted by Crippen LogP contribution is 2.16. The number of hydrogen-bond acceptors (Lipinski definition) is 4. The Kier molecular flexibility index (Phi) is 9.61.